The third-order valence-corrected chi connectivity index (χ3v) is 4.80. The molecule has 2 aromatic carbocycles. The summed E-state index contributed by atoms with van der Waals surface area (Å²) in [5.41, 5.74) is 1.31. The lowest BCUT2D eigenvalue weighted by molar-refractivity contribution is -0.124. The molecule has 0 bridgehead atoms. The Balaban J connectivity index is 1.44. The number of amides is 1. The second-order valence-electron chi connectivity index (χ2n) is 6.81. The Morgan fingerprint density at radius 3 is 2.65 bits per heavy atom. The molecule has 0 radical (unpaired) electrons. The van der Waals surface area contributed by atoms with E-state index in [0.29, 0.717) is 6.04 Å². The first-order valence-corrected chi connectivity index (χ1v) is 9.06. The van der Waals surface area contributed by atoms with Crippen molar-refractivity contribution in [3.05, 3.63) is 66.0 Å². The number of hydrogen-bond acceptors (Lipinski definition) is 3. The molecule has 4 nitrogen and oxygen atoms in total. The Morgan fingerprint density at radius 2 is 1.92 bits per heavy atom. The molecule has 1 fully saturated rings. The van der Waals surface area contributed by atoms with Gasteiger partial charge in [-0.3, -0.25) is 9.69 Å². The van der Waals surface area contributed by atoms with Gasteiger partial charge < -0.3 is 10.1 Å². The number of nitrogens with zero attached hydrogens (tertiary/aromatic N) is 1. The van der Waals surface area contributed by atoms with Crippen LogP contribution in [0.4, 0.5) is 4.39 Å². The molecule has 2 atom stereocenters. The van der Waals surface area contributed by atoms with E-state index < -0.39 is 5.82 Å². The highest BCUT2D eigenvalue weighted by Gasteiger charge is 2.26. The van der Waals surface area contributed by atoms with Gasteiger partial charge in [-0.25, -0.2) is 4.39 Å². The minimum absolute atomic E-state index is 0.105. The second kappa shape index (κ2) is 8.81. The molecule has 26 heavy (non-hydrogen) atoms. The first-order valence-electron chi connectivity index (χ1n) is 9.06. The SMILES string of the molecule is C[C@H]1C[C@H](NC(=O)COc2ccccc2F)CCN1Cc1ccccc1. The molecule has 5 heteroatoms. The highest BCUT2D eigenvalue weighted by Crippen LogP contribution is 2.20. The van der Waals surface area contributed by atoms with Gasteiger partial charge in [-0.05, 0) is 37.5 Å². The van der Waals surface area contributed by atoms with Crippen molar-refractivity contribution >= 4 is 5.91 Å². The maximum absolute atomic E-state index is 13.5. The van der Waals surface area contributed by atoms with Gasteiger partial charge in [-0.15, -0.1) is 0 Å². The number of likely N-dealkylation sites (tertiary alicyclic amines) is 1. The summed E-state index contributed by atoms with van der Waals surface area (Å²) in [5, 5.41) is 3.01. The summed E-state index contributed by atoms with van der Waals surface area (Å²) < 4.78 is 18.8. The first-order chi connectivity index (χ1) is 12.6. The Labute approximate surface area is 154 Å². The number of para-hydroxylation sites is 1. The summed E-state index contributed by atoms with van der Waals surface area (Å²) in [4.78, 5) is 14.5. The molecule has 1 aliphatic heterocycles. The summed E-state index contributed by atoms with van der Waals surface area (Å²) in [6.45, 7) is 3.89. The van der Waals surface area contributed by atoms with Crippen LogP contribution in [0.25, 0.3) is 0 Å². The van der Waals surface area contributed by atoms with E-state index in [0.717, 1.165) is 25.9 Å². The van der Waals surface area contributed by atoms with Crippen LogP contribution >= 0.6 is 0 Å². The fourth-order valence-electron chi connectivity index (χ4n) is 3.38. The van der Waals surface area contributed by atoms with Crippen LogP contribution in [0.3, 0.4) is 0 Å². The van der Waals surface area contributed by atoms with Crippen molar-refractivity contribution in [2.24, 2.45) is 0 Å². The zero-order valence-electron chi connectivity index (χ0n) is 15.0. The van der Waals surface area contributed by atoms with E-state index in [2.05, 4.69) is 41.4 Å². The molecular weight excluding hydrogens is 331 g/mol. The van der Waals surface area contributed by atoms with Gasteiger partial charge in [-0.2, -0.15) is 0 Å². The average Bonchev–Trinajstić information content (AvgIpc) is 2.64. The van der Waals surface area contributed by atoms with E-state index in [4.69, 9.17) is 4.74 Å². The fourth-order valence-corrected chi connectivity index (χ4v) is 3.38. The summed E-state index contributed by atoms with van der Waals surface area (Å²) in [7, 11) is 0. The molecule has 0 saturated carbocycles. The van der Waals surface area contributed by atoms with Crippen LogP contribution in [0.1, 0.15) is 25.3 Å². The summed E-state index contributed by atoms with van der Waals surface area (Å²) in [6.07, 6.45) is 1.81. The molecule has 0 spiro atoms. The minimum atomic E-state index is -0.455. The van der Waals surface area contributed by atoms with Crippen LogP contribution in [0.15, 0.2) is 54.6 Å². The van der Waals surface area contributed by atoms with E-state index in [1.54, 1.807) is 12.1 Å². The predicted octanol–water partition coefficient (Wildman–Crippen LogP) is 3.37. The zero-order chi connectivity index (χ0) is 18.4. The predicted molar refractivity (Wildman–Crippen MR) is 99.4 cm³/mol. The molecule has 2 aromatic rings. The van der Waals surface area contributed by atoms with Gasteiger partial charge in [0.2, 0.25) is 0 Å². The summed E-state index contributed by atoms with van der Waals surface area (Å²) in [5.74, 6) is -0.557. The van der Waals surface area contributed by atoms with Crippen LogP contribution < -0.4 is 10.1 Å². The monoisotopic (exact) mass is 356 g/mol. The Bertz CT molecular complexity index is 723. The summed E-state index contributed by atoms with van der Waals surface area (Å²) >= 11 is 0. The Morgan fingerprint density at radius 1 is 1.19 bits per heavy atom. The van der Waals surface area contributed by atoms with Crippen molar-refractivity contribution < 1.29 is 13.9 Å². The van der Waals surface area contributed by atoms with Gasteiger partial charge in [0, 0.05) is 25.2 Å². The largest absolute Gasteiger partial charge is 0.481 e. The van der Waals surface area contributed by atoms with E-state index in [-0.39, 0.29) is 24.3 Å². The van der Waals surface area contributed by atoms with Crippen molar-refractivity contribution in [3.63, 3.8) is 0 Å². The third kappa shape index (κ3) is 5.05. The van der Waals surface area contributed by atoms with Crippen LogP contribution in [0.2, 0.25) is 0 Å². The molecule has 0 aromatic heterocycles. The molecule has 138 valence electrons. The minimum Gasteiger partial charge on any atom is -0.481 e. The Kier molecular flexibility index (Phi) is 6.23. The van der Waals surface area contributed by atoms with Crippen molar-refractivity contribution in [1.82, 2.24) is 10.2 Å². The fraction of sp³-hybridized carbons (Fsp3) is 0.381. The molecule has 1 heterocycles. The number of halogens is 1. The number of ether oxygens (including phenoxy) is 1. The van der Waals surface area contributed by atoms with Gasteiger partial charge in [0.15, 0.2) is 18.2 Å². The molecule has 0 aliphatic carbocycles. The normalized spacial score (nSPS) is 20.5. The van der Waals surface area contributed by atoms with E-state index in [9.17, 15) is 9.18 Å². The summed E-state index contributed by atoms with van der Waals surface area (Å²) in [6, 6.07) is 17.1. The quantitative estimate of drug-likeness (QED) is 0.863. The van der Waals surface area contributed by atoms with E-state index >= 15 is 0 Å². The van der Waals surface area contributed by atoms with Crippen molar-refractivity contribution in [3.8, 4) is 5.75 Å². The lowest BCUT2D eigenvalue weighted by Gasteiger charge is -2.38. The second-order valence-corrected chi connectivity index (χ2v) is 6.81. The molecule has 1 amide bonds. The highest BCUT2D eigenvalue weighted by atomic mass is 19.1. The number of rotatable bonds is 6. The van der Waals surface area contributed by atoms with E-state index in [1.165, 1.54) is 17.7 Å². The molecule has 3 rings (SSSR count). The molecule has 1 N–H and O–H groups in total. The molecular formula is C21H25FN2O2. The maximum Gasteiger partial charge on any atom is 0.258 e. The lowest BCUT2D eigenvalue weighted by atomic mass is 9.97. The molecule has 0 unspecified atom stereocenters. The smallest absolute Gasteiger partial charge is 0.258 e. The van der Waals surface area contributed by atoms with Crippen molar-refractivity contribution in [2.75, 3.05) is 13.2 Å². The Hall–Kier alpha value is -2.40. The molecule has 1 saturated heterocycles. The van der Waals surface area contributed by atoms with Crippen molar-refractivity contribution in [1.29, 1.82) is 0 Å². The molecule has 1 aliphatic rings. The number of carbonyl (C=O) groups is 1. The topological polar surface area (TPSA) is 41.6 Å². The highest BCUT2D eigenvalue weighted by molar-refractivity contribution is 5.77. The van der Waals surface area contributed by atoms with Crippen LogP contribution in [-0.4, -0.2) is 36.0 Å². The maximum atomic E-state index is 13.5. The lowest BCUT2D eigenvalue weighted by Crippen LogP contribution is -2.49. The van der Waals surface area contributed by atoms with E-state index in [1.807, 2.05) is 6.07 Å². The van der Waals surface area contributed by atoms with Gasteiger partial charge in [0.05, 0.1) is 0 Å². The van der Waals surface area contributed by atoms with Gasteiger partial charge in [0.25, 0.3) is 5.91 Å². The van der Waals surface area contributed by atoms with Crippen LogP contribution in [-0.2, 0) is 11.3 Å². The third-order valence-electron chi connectivity index (χ3n) is 4.80. The number of carbonyl (C=O) groups excluding carboxylic acids is 1. The van der Waals surface area contributed by atoms with Gasteiger partial charge in [-0.1, -0.05) is 42.5 Å². The number of piperidine rings is 1. The van der Waals surface area contributed by atoms with Crippen LogP contribution in [0, 0.1) is 5.82 Å². The van der Waals surface area contributed by atoms with Crippen LogP contribution in [0.5, 0.6) is 5.75 Å². The average molecular weight is 356 g/mol. The number of hydrogen-bond donors (Lipinski definition) is 1. The van der Waals surface area contributed by atoms with Gasteiger partial charge >= 0.3 is 0 Å². The number of nitrogens with one attached hydrogen (secondary N) is 1. The van der Waals surface area contributed by atoms with Crippen molar-refractivity contribution in [2.45, 2.75) is 38.4 Å². The first kappa shape index (κ1) is 18.4. The number of benzene rings is 2. The zero-order valence-corrected chi connectivity index (χ0v) is 15.0. The standard InChI is InChI=1S/C21H25FN2O2/c1-16-13-18(11-12-24(16)14-17-7-3-2-4-8-17)23-21(25)15-26-20-10-6-5-9-19(20)22/h2-10,16,18H,11-15H2,1H3,(H,23,25)/t16-,18+/m0/s1. The van der Waals surface area contributed by atoms with Gasteiger partial charge in [0.1, 0.15) is 0 Å².